The molecule has 2 aromatic carbocycles. The minimum Gasteiger partial charge on any atom is -0.426 e. The number of halogens is 1. The Morgan fingerprint density at radius 2 is 1.65 bits per heavy atom. The lowest BCUT2D eigenvalue weighted by Crippen LogP contribution is -2.34. The van der Waals surface area contributed by atoms with E-state index in [4.69, 9.17) is 4.74 Å². The zero-order valence-electron chi connectivity index (χ0n) is 12.7. The molecule has 0 amide bonds. The lowest BCUT2D eigenvalue weighted by atomic mass is 10.2. The van der Waals surface area contributed by atoms with E-state index < -0.39 is 16.0 Å². The number of nitrogens with zero attached hydrogens (tertiary/aromatic N) is 1. The number of sulfonamides is 1. The quantitative estimate of drug-likeness (QED) is 0.574. The van der Waals surface area contributed by atoms with Gasteiger partial charge in [-0.05, 0) is 43.3 Å². The third-order valence-corrected chi connectivity index (χ3v) is 5.47. The van der Waals surface area contributed by atoms with Crippen LogP contribution in [0.25, 0.3) is 0 Å². The van der Waals surface area contributed by atoms with Crippen LogP contribution < -0.4 is 4.74 Å². The van der Waals surface area contributed by atoms with Gasteiger partial charge in [-0.1, -0.05) is 33.6 Å². The highest BCUT2D eigenvalue weighted by atomic mass is 79.9. The van der Waals surface area contributed by atoms with Gasteiger partial charge in [0.2, 0.25) is 10.0 Å². The molecule has 0 saturated carbocycles. The first-order chi connectivity index (χ1) is 10.8. The van der Waals surface area contributed by atoms with E-state index in [9.17, 15) is 13.2 Å². The molecule has 0 unspecified atom stereocenters. The van der Waals surface area contributed by atoms with Gasteiger partial charge in [0.1, 0.15) is 12.3 Å². The number of hydrogen-bond acceptors (Lipinski definition) is 4. The van der Waals surface area contributed by atoms with Crippen molar-refractivity contribution in [3.63, 3.8) is 0 Å². The molecule has 0 aliphatic heterocycles. The van der Waals surface area contributed by atoms with Crippen molar-refractivity contribution in [2.45, 2.75) is 11.8 Å². The van der Waals surface area contributed by atoms with E-state index >= 15 is 0 Å². The third-order valence-electron chi connectivity index (χ3n) is 3.13. The van der Waals surface area contributed by atoms with E-state index in [2.05, 4.69) is 15.9 Å². The van der Waals surface area contributed by atoms with Gasteiger partial charge in [-0.3, -0.25) is 4.79 Å². The van der Waals surface area contributed by atoms with Crippen LogP contribution >= 0.6 is 15.9 Å². The van der Waals surface area contributed by atoms with Gasteiger partial charge < -0.3 is 4.74 Å². The van der Waals surface area contributed by atoms with E-state index in [0.29, 0.717) is 5.75 Å². The van der Waals surface area contributed by atoms with Crippen molar-refractivity contribution in [1.29, 1.82) is 0 Å². The second-order valence-corrected chi connectivity index (χ2v) is 7.96. The van der Waals surface area contributed by atoms with Gasteiger partial charge in [0.05, 0.1) is 4.90 Å². The second-order valence-electron chi connectivity index (χ2n) is 5.00. The Hall–Kier alpha value is -1.70. The summed E-state index contributed by atoms with van der Waals surface area (Å²) in [5.74, 6) is -0.287. The van der Waals surface area contributed by atoms with Crippen LogP contribution in [0.15, 0.2) is 57.9 Å². The van der Waals surface area contributed by atoms with Gasteiger partial charge in [0.15, 0.2) is 0 Å². The number of benzene rings is 2. The zero-order valence-corrected chi connectivity index (χ0v) is 15.1. The van der Waals surface area contributed by atoms with Crippen LogP contribution in [0.3, 0.4) is 0 Å². The zero-order chi connectivity index (χ0) is 17.0. The van der Waals surface area contributed by atoms with Crippen molar-refractivity contribution >= 4 is 31.9 Å². The van der Waals surface area contributed by atoms with Crippen molar-refractivity contribution in [2.75, 3.05) is 13.6 Å². The molecule has 23 heavy (non-hydrogen) atoms. The predicted octanol–water partition coefficient (Wildman–Crippen LogP) is 2.98. The maximum absolute atomic E-state index is 12.4. The Morgan fingerprint density at radius 3 is 2.22 bits per heavy atom. The number of ether oxygens (including phenoxy) is 1. The number of carbonyl (C=O) groups excluding carboxylic acids is 1. The van der Waals surface area contributed by atoms with Crippen LogP contribution in [0, 0.1) is 6.92 Å². The predicted molar refractivity (Wildman–Crippen MR) is 90.8 cm³/mol. The molecule has 0 radical (unpaired) electrons. The fraction of sp³-hybridized carbons (Fsp3) is 0.188. The molecule has 0 aromatic heterocycles. The van der Waals surface area contributed by atoms with E-state index in [-0.39, 0.29) is 11.4 Å². The molecule has 0 bridgehead atoms. The number of likely N-dealkylation sites (N-methyl/N-ethyl adjacent to an activating group) is 1. The van der Waals surface area contributed by atoms with Crippen molar-refractivity contribution in [3.05, 3.63) is 58.6 Å². The normalized spacial score (nSPS) is 11.5. The van der Waals surface area contributed by atoms with Gasteiger partial charge in [-0.2, -0.15) is 4.31 Å². The molecule has 0 N–H and O–H groups in total. The summed E-state index contributed by atoms with van der Waals surface area (Å²) in [6.45, 7) is 1.50. The Bertz CT molecular complexity index is 786. The molecular weight excluding hydrogens is 382 g/mol. The Morgan fingerprint density at radius 1 is 1.09 bits per heavy atom. The summed E-state index contributed by atoms with van der Waals surface area (Å²) in [6, 6.07) is 13.2. The summed E-state index contributed by atoms with van der Waals surface area (Å²) in [4.78, 5) is 12.0. The minimum atomic E-state index is -3.72. The fourth-order valence-electron chi connectivity index (χ4n) is 1.82. The monoisotopic (exact) mass is 397 g/mol. The lowest BCUT2D eigenvalue weighted by molar-refractivity contribution is -0.134. The maximum Gasteiger partial charge on any atom is 0.326 e. The number of carbonyl (C=O) groups is 1. The molecule has 5 nitrogen and oxygen atoms in total. The highest BCUT2D eigenvalue weighted by Gasteiger charge is 2.23. The second kappa shape index (κ2) is 7.25. The van der Waals surface area contributed by atoms with E-state index in [1.807, 2.05) is 6.92 Å². The van der Waals surface area contributed by atoms with Gasteiger partial charge >= 0.3 is 5.97 Å². The molecule has 0 saturated heterocycles. The van der Waals surface area contributed by atoms with Crippen LogP contribution in [0.4, 0.5) is 0 Å². The molecule has 0 spiro atoms. The minimum absolute atomic E-state index is 0.141. The van der Waals surface area contributed by atoms with Crippen molar-refractivity contribution in [2.24, 2.45) is 0 Å². The summed E-state index contributed by atoms with van der Waals surface area (Å²) in [5, 5.41) is 0. The topological polar surface area (TPSA) is 63.7 Å². The van der Waals surface area contributed by atoms with E-state index in [1.54, 1.807) is 36.4 Å². The molecule has 122 valence electrons. The number of hydrogen-bond donors (Lipinski definition) is 0. The Kier molecular flexibility index (Phi) is 5.56. The maximum atomic E-state index is 12.4. The Balaban J connectivity index is 2.05. The highest BCUT2D eigenvalue weighted by molar-refractivity contribution is 9.10. The summed E-state index contributed by atoms with van der Waals surface area (Å²) in [7, 11) is -2.38. The summed E-state index contributed by atoms with van der Waals surface area (Å²) >= 11 is 3.28. The standard InChI is InChI=1S/C16H16BrNO4S/c1-12-3-9-15(10-4-12)23(20,21)18(2)11-16(19)22-14-7-5-13(17)6-8-14/h3-10H,11H2,1-2H3. The van der Waals surface area contributed by atoms with Crippen LogP contribution in [0.5, 0.6) is 5.75 Å². The molecule has 0 aliphatic carbocycles. The molecule has 0 fully saturated rings. The van der Waals surface area contributed by atoms with Crippen LogP contribution in [0.1, 0.15) is 5.56 Å². The molecule has 2 aromatic rings. The van der Waals surface area contributed by atoms with Crippen LogP contribution in [-0.2, 0) is 14.8 Å². The van der Waals surface area contributed by atoms with Crippen molar-refractivity contribution < 1.29 is 17.9 Å². The first-order valence-electron chi connectivity index (χ1n) is 6.78. The van der Waals surface area contributed by atoms with Crippen molar-refractivity contribution in [3.8, 4) is 5.75 Å². The average molecular weight is 398 g/mol. The Labute approximate surface area is 144 Å². The molecule has 0 aliphatic rings. The fourth-order valence-corrected chi connectivity index (χ4v) is 3.20. The first kappa shape index (κ1) is 17.7. The smallest absolute Gasteiger partial charge is 0.326 e. The summed E-state index contributed by atoms with van der Waals surface area (Å²) in [5.41, 5.74) is 0.959. The lowest BCUT2D eigenvalue weighted by Gasteiger charge is -2.16. The number of esters is 1. The average Bonchev–Trinajstić information content (AvgIpc) is 2.50. The number of rotatable bonds is 5. The molecule has 0 atom stereocenters. The summed E-state index contributed by atoms with van der Waals surface area (Å²) in [6.07, 6.45) is 0. The third kappa shape index (κ3) is 4.63. The largest absolute Gasteiger partial charge is 0.426 e. The van der Waals surface area contributed by atoms with Crippen LogP contribution in [0.2, 0.25) is 0 Å². The summed E-state index contributed by atoms with van der Waals surface area (Å²) < 4.78 is 31.7. The highest BCUT2D eigenvalue weighted by Crippen LogP contribution is 2.18. The van der Waals surface area contributed by atoms with Crippen molar-refractivity contribution in [1.82, 2.24) is 4.31 Å². The SMILES string of the molecule is Cc1ccc(S(=O)(=O)N(C)CC(=O)Oc2ccc(Br)cc2)cc1. The molecule has 7 heteroatoms. The molecular formula is C16H16BrNO4S. The van der Waals surface area contributed by atoms with Gasteiger partial charge in [0, 0.05) is 11.5 Å². The van der Waals surface area contributed by atoms with Crippen LogP contribution in [-0.4, -0.2) is 32.3 Å². The molecule has 2 rings (SSSR count). The van der Waals surface area contributed by atoms with E-state index in [1.165, 1.54) is 19.2 Å². The van der Waals surface area contributed by atoms with Gasteiger partial charge in [-0.25, -0.2) is 8.42 Å². The first-order valence-corrected chi connectivity index (χ1v) is 9.01. The van der Waals surface area contributed by atoms with Gasteiger partial charge in [0.25, 0.3) is 0 Å². The van der Waals surface area contributed by atoms with Gasteiger partial charge in [-0.15, -0.1) is 0 Å². The number of aryl methyl sites for hydroxylation is 1. The van der Waals surface area contributed by atoms with E-state index in [0.717, 1.165) is 14.3 Å². The molecule has 0 heterocycles.